The monoisotopic (exact) mass is 271 g/mol. The van der Waals surface area contributed by atoms with E-state index in [1.807, 2.05) is 0 Å². The zero-order chi connectivity index (χ0) is 11.4. The van der Waals surface area contributed by atoms with Gasteiger partial charge in [-0.2, -0.15) is 0 Å². The van der Waals surface area contributed by atoms with Gasteiger partial charge in [0.15, 0.2) is 0 Å². The number of nitrogen functional groups attached to an aromatic ring is 1. The van der Waals surface area contributed by atoms with E-state index in [4.69, 9.17) is 5.73 Å². The first-order chi connectivity index (χ1) is 7.02. The molecule has 0 aliphatic rings. The number of anilines is 2. The molecule has 15 heavy (non-hydrogen) atoms. The molecule has 0 saturated carbocycles. The van der Waals surface area contributed by atoms with Crippen molar-refractivity contribution in [3.05, 3.63) is 16.9 Å². The summed E-state index contributed by atoms with van der Waals surface area (Å²) in [5.74, 6) is 0.703. The largest absolute Gasteiger partial charge is 0.396 e. The number of rotatable bonds is 4. The summed E-state index contributed by atoms with van der Waals surface area (Å²) in [5, 5.41) is 0. The summed E-state index contributed by atoms with van der Waals surface area (Å²) in [7, 11) is 2.05. The fourth-order valence-corrected chi connectivity index (χ4v) is 2.06. The molecule has 4 heteroatoms. The van der Waals surface area contributed by atoms with Crippen molar-refractivity contribution >= 4 is 27.3 Å². The third-order valence-electron chi connectivity index (χ3n) is 2.32. The SMILES string of the molecule is CC(C)CCN(C)c1c(N)cncc1Br. The Hall–Kier alpha value is -0.770. The Morgan fingerprint density at radius 3 is 2.67 bits per heavy atom. The van der Waals surface area contributed by atoms with Crippen LogP contribution in [-0.4, -0.2) is 18.6 Å². The second kappa shape index (κ2) is 5.35. The Balaban J connectivity index is 2.77. The molecule has 0 spiro atoms. The summed E-state index contributed by atoms with van der Waals surface area (Å²) in [6.07, 6.45) is 4.62. The summed E-state index contributed by atoms with van der Waals surface area (Å²) in [6.45, 7) is 5.45. The minimum absolute atomic E-state index is 0.703. The number of aromatic nitrogens is 1. The van der Waals surface area contributed by atoms with Crippen LogP contribution in [0.2, 0.25) is 0 Å². The van der Waals surface area contributed by atoms with Crippen LogP contribution in [0.5, 0.6) is 0 Å². The van der Waals surface area contributed by atoms with Crippen molar-refractivity contribution in [2.75, 3.05) is 24.2 Å². The first-order valence-corrected chi connectivity index (χ1v) is 5.91. The van der Waals surface area contributed by atoms with Gasteiger partial charge in [-0.3, -0.25) is 4.98 Å². The van der Waals surface area contributed by atoms with E-state index in [9.17, 15) is 0 Å². The molecule has 0 fully saturated rings. The van der Waals surface area contributed by atoms with Gasteiger partial charge in [-0.05, 0) is 28.3 Å². The van der Waals surface area contributed by atoms with Gasteiger partial charge in [0.1, 0.15) is 0 Å². The maximum atomic E-state index is 5.89. The van der Waals surface area contributed by atoms with Crippen molar-refractivity contribution in [1.29, 1.82) is 0 Å². The van der Waals surface area contributed by atoms with Crippen LogP contribution in [0, 0.1) is 5.92 Å². The van der Waals surface area contributed by atoms with Gasteiger partial charge < -0.3 is 10.6 Å². The van der Waals surface area contributed by atoms with Crippen LogP contribution in [0.15, 0.2) is 16.9 Å². The zero-order valence-electron chi connectivity index (χ0n) is 9.50. The molecule has 1 heterocycles. The van der Waals surface area contributed by atoms with Crippen molar-refractivity contribution in [2.45, 2.75) is 20.3 Å². The van der Waals surface area contributed by atoms with E-state index in [-0.39, 0.29) is 0 Å². The highest BCUT2D eigenvalue weighted by molar-refractivity contribution is 9.10. The average molecular weight is 272 g/mol. The van der Waals surface area contributed by atoms with E-state index in [0.717, 1.165) is 28.8 Å². The minimum Gasteiger partial charge on any atom is -0.396 e. The Bertz CT molecular complexity index is 305. The molecular formula is C11H18BrN3. The summed E-state index contributed by atoms with van der Waals surface area (Å²) < 4.78 is 0.953. The molecule has 0 amide bonds. The molecule has 0 unspecified atom stereocenters. The van der Waals surface area contributed by atoms with E-state index in [1.54, 1.807) is 12.4 Å². The molecule has 0 radical (unpaired) electrons. The van der Waals surface area contributed by atoms with E-state index >= 15 is 0 Å². The Labute approximate surface area is 99.8 Å². The van der Waals surface area contributed by atoms with Crippen molar-refractivity contribution in [1.82, 2.24) is 4.98 Å². The smallest absolute Gasteiger partial charge is 0.0773 e. The van der Waals surface area contributed by atoms with Gasteiger partial charge in [0, 0.05) is 19.8 Å². The maximum Gasteiger partial charge on any atom is 0.0773 e. The molecule has 0 saturated heterocycles. The van der Waals surface area contributed by atoms with Crippen LogP contribution in [-0.2, 0) is 0 Å². The summed E-state index contributed by atoms with van der Waals surface area (Å²) in [5.41, 5.74) is 7.65. The van der Waals surface area contributed by atoms with Crippen molar-refractivity contribution < 1.29 is 0 Å². The Morgan fingerprint density at radius 2 is 2.13 bits per heavy atom. The standard InChI is InChI=1S/C11H18BrN3/c1-8(2)4-5-15(3)11-9(12)6-14-7-10(11)13/h6-8H,4-5,13H2,1-3H3. The van der Waals surface area contributed by atoms with Crippen LogP contribution in [0.1, 0.15) is 20.3 Å². The van der Waals surface area contributed by atoms with Crippen molar-refractivity contribution in [3.63, 3.8) is 0 Å². The fourth-order valence-electron chi connectivity index (χ4n) is 1.41. The average Bonchev–Trinajstić information content (AvgIpc) is 2.14. The molecule has 1 rings (SSSR count). The molecule has 0 aliphatic carbocycles. The molecular weight excluding hydrogens is 254 g/mol. The van der Waals surface area contributed by atoms with Gasteiger partial charge in [-0.15, -0.1) is 0 Å². The molecule has 1 aromatic heterocycles. The summed E-state index contributed by atoms with van der Waals surface area (Å²) in [4.78, 5) is 6.19. The molecule has 0 bridgehead atoms. The molecule has 0 atom stereocenters. The Kier molecular flexibility index (Phi) is 4.39. The number of nitrogens with two attached hydrogens (primary N) is 1. The van der Waals surface area contributed by atoms with E-state index in [0.29, 0.717) is 5.92 Å². The third kappa shape index (κ3) is 3.38. The highest BCUT2D eigenvalue weighted by Gasteiger charge is 2.10. The van der Waals surface area contributed by atoms with Gasteiger partial charge in [-0.1, -0.05) is 13.8 Å². The lowest BCUT2D eigenvalue weighted by Crippen LogP contribution is -2.21. The van der Waals surface area contributed by atoms with Gasteiger partial charge >= 0.3 is 0 Å². The molecule has 84 valence electrons. The molecule has 0 aliphatic heterocycles. The summed E-state index contributed by atoms with van der Waals surface area (Å²) >= 11 is 3.47. The predicted molar refractivity (Wildman–Crippen MR) is 69.1 cm³/mol. The van der Waals surface area contributed by atoms with E-state index < -0.39 is 0 Å². The van der Waals surface area contributed by atoms with Gasteiger partial charge in [0.05, 0.1) is 22.0 Å². The third-order valence-corrected chi connectivity index (χ3v) is 2.91. The number of halogens is 1. The molecule has 0 aromatic carbocycles. The fraction of sp³-hybridized carbons (Fsp3) is 0.545. The normalized spacial score (nSPS) is 10.7. The van der Waals surface area contributed by atoms with Crippen LogP contribution in [0.25, 0.3) is 0 Å². The maximum absolute atomic E-state index is 5.89. The molecule has 3 nitrogen and oxygen atoms in total. The van der Waals surface area contributed by atoms with Crippen molar-refractivity contribution in [2.24, 2.45) is 5.92 Å². The van der Waals surface area contributed by atoms with E-state index in [2.05, 4.69) is 46.7 Å². The van der Waals surface area contributed by atoms with Crippen LogP contribution < -0.4 is 10.6 Å². The van der Waals surface area contributed by atoms with Gasteiger partial charge in [-0.25, -0.2) is 0 Å². The highest BCUT2D eigenvalue weighted by atomic mass is 79.9. The van der Waals surface area contributed by atoms with Gasteiger partial charge in [0.2, 0.25) is 0 Å². The number of hydrogen-bond acceptors (Lipinski definition) is 3. The Morgan fingerprint density at radius 1 is 1.47 bits per heavy atom. The van der Waals surface area contributed by atoms with Crippen LogP contribution >= 0.6 is 15.9 Å². The zero-order valence-corrected chi connectivity index (χ0v) is 11.1. The molecule has 1 aromatic rings. The van der Waals surface area contributed by atoms with Gasteiger partial charge in [0.25, 0.3) is 0 Å². The molecule has 2 N–H and O–H groups in total. The highest BCUT2D eigenvalue weighted by Crippen LogP contribution is 2.30. The lowest BCUT2D eigenvalue weighted by Gasteiger charge is -2.22. The first kappa shape index (κ1) is 12.3. The number of pyridine rings is 1. The lowest BCUT2D eigenvalue weighted by atomic mass is 10.1. The second-order valence-corrected chi connectivity index (χ2v) is 5.02. The summed E-state index contributed by atoms with van der Waals surface area (Å²) in [6, 6.07) is 0. The predicted octanol–water partition coefficient (Wildman–Crippen LogP) is 2.91. The minimum atomic E-state index is 0.703. The quantitative estimate of drug-likeness (QED) is 0.916. The van der Waals surface area contributed by atoms with Crippen LogP contribution in [0.4, 0.5) is 11.4 Å². The van der Waals surface area contributed by atoms with Crippen LogP contribution in [0.3, 0.4) is 0 Å². The number of nitrogens with zero attached hydrogens (tertiary/aromatic N) is 2. The van der Waals surface area contributed by atoms with E-state index in [1.165, 1.54) is 0 Å². The lowest BCUT2D eigenvalue weighted by molar-refractivity contribution is 0.585. The van der Waals surface area contributed by atoms with Crippen molar-refractivity contribution in [3.8, 4) is 0 Å². The number of hydrogen-bond donors (Lipinski definition) is 1. The second-order valence-electron chi connectivity index (χ2n) is 4.16. The first-order valence-electron chi connectivity index (χ1n) is 5.12. The topological polar surface area (TPSA) is 42.1 Å².